The average molecular weight is 332 g/mol. The fourth-order valence-electron chi connectivity index (χ4n) is 1.36. The molecule has 0 spiro atoms. The quantitative estimate of drug-likeness (QED) is 0.738. The predicted molar refractivity (Wildman–Crippen MR) is 74.9 cm³/mol. The number of hydrogen-bond donors (Lipinski definition) is 0. The lowest BCUT2D eigenvalue weighted by Gasteiger charge is -2.09. The van der Waals surface area contributed by atoms with Crippen LogP contribution in [0.2, 0.25) is 10.0 Å². The molecule has 0 unspecified atom stereocenters. The first-order valence-corrected chi connectivity index (χ1v) is 6.53. The molecule has 2 aromatic rings. The predicted octanol–water partition coefficient (Wildman–Crippen LogP) is 5.33. The summed E-state index contributed by atoms with van der Waals surface area (Å²) in [6.07, 6.45) is 0. The van der Waals surface area contributed by atoms with E-state index in [0.717, 1.165) is 10.0 Å². The first-order chi connectivity index (χ1) is 8.16. The highest BCUT2D eigenvalue weighted by Gasteiger charge is 2.04. The maximum absolute atomic E-state index is 6.09. The second kappa shape index (κ2) is 5.76. The molecule has 0 aliphatic carbocycles. The van der Waals surface area contributed by atoms with E-state index < -0.39 is 0 Å². The van der Waals surface area contributed by atoms with Gasteiger partial charge in [-0.25, -0.2) is 0 Å². The molecular weight excluding hydrogens is 323 g/mol. The van der Waals surface area contributed by atoms with Crippen LogP contribution < -0.4 is 4.74 Å². The van der Waals surface area contributed by atoms with Gasteiger partial charge in [-0.1, -0.05) is 57.3 Å². The third-order valence-corrected chi connectivity index (χ3v) is 3.39. The molecule has 0 saturated heterocycles. The molecule has 0 fully saturated rings. The van der Waals surface area contributed by atoms with E-state index >= 15 is 0 Å². The maximum atomic E-state index is 6.09. The standard InChI is InChI=1S/C13H9BrCl2O/c14-10-6-5-9(12(16)7-10)8-17-13-4-2-1-3-11(13)15/h1-7H,8H2. The molecule has 17 heavy (non-hydrogen) atoms. The fraction of sp³-hybridized carbons (Fsp3) is 0.0769. The molecule has 0 atom stereocenters. The van der Waals surface area contributed by atoms with Crippen LogP contribution in [0.3, 0.4) is 0 Å². The van der Waals surface area contributed by atoms with Gasteiger partial charge in [-0.2, -0.15) is 0 Å². The molecule has 0 amide bonds. The molecule has 1 nitrogen and oxygen atoms in total. The monoisotopic (exact) mass is 330 g/mol. The summed E-state index contributed by atoms with van der Waals surface area (Å²) in [4.78, 5) is 0. The van der Waals surface area contributed by atoms with Crippen molar-refractivity contribution < 1.29 is 4.74 Å². The molecule has 0 bridgehead atoms. The minimum absolute atomic E-state index is 0.399. The van der Waals surface area contributed by atoms with Gasteiger partial charge in [0, 0.05) is 15.1 Å². The Balaban J connectivity index is 2.10. The van der Waals surface area contributed by atoms with Crippen LogP contribution in [-0.2, 0) is 6.61 Å². The molecule has 0 aromatic heterocycles. The van der Waals surface area contributed by atoms with E-state index in [2.05, 4.69) is 15.9 Å². The Morgan fingerprint density at radius 1 is 1.00 bits per heavy atom. The van der Waals surface area contributed by atoms with Crippen molar-refractivity contribution in [2.45, 2.75) is 6.61 Å². The Hall–Kier alpha value is -0.700. The Morgan fingerprint density at radius 2 is 1.76 bits per heavy atom. The van der Waals surface area contributed by atoms with Crippen LogP contribution in [0.4, 0.5) is 0 Å². The zero-order valence-electron chi connectivity index (χ0n) is 8.79. The van der Waals surface area contributed by atoms with Gasteiger partial charge in [-0.15, -0.1) is 0 Å². The minimum atomic E-state index is 0.399. The van der Waals surface area contributed by atoms with Crippen molar-refractivity contribution in [2.75, 3.05) is 0 Å². The van der Waals surface area contributed by atoms with Crippen molar-refractivity contribution in [3.05, 3.63) is 62.5 Å². The summed E-state index contributed by atoms with van der Waals surface area (Å²) in [5.74, 6) is 0.660. The zero-order valence-corrected chi connectivity index (χ0v) is 11.9. The minimum Gasteiger partial charge on any atom is -0.487 e. The molecule has 0 saturated carbocycles. The lowest BCUT2D eigenvalue weighted by Crippen LogP contribution is -1.96. The highest BCUT2D eigenvalue weighted by Crippen LogP contribution is 2.26. The Morgan fingerprint density at radius 3 is 2.47 bits per heavy atom. The maximum Gasteiger partial charge on any atom is 0.138 e. The largest absolute Gasteiger partial charge is 0.487 e. The van der Waals surface area contributed by atoms with E-state index in [1.165, 1.54) is 0 Å². The molecule has 0 radical (unpaired) electrons. The number of benzene rings is 2. The topological polar surface area (TPSA) is 9.23 Å². The summed E-state index contributed by atoms with van der Waals surface area (Å²) in [6, 6.07) is 13.1. The summed E-state index contributed by atoms with van der Waals surface area (Å²) in [5.41, 5.74) is 0.926. The van der Waals surface area contributed by atoms with Gasteiger partial charge in [0.2, 0.25) is 0 Å². The first-order valence-electron chi connectivity index (χ1n) is 4.98. The van der Waals surface area contributed by atoms with Gasteiger partial charge in [0.1, 0.15) is 12.4 Å². The van der Waals surface area contributed by atoms with Gasteiger partial charge in [0.15, 0.2) is 0 Å². The number of hydrogen-bond acceptors (Lipinski definition) is 1. The van der Waals surface area contributed by atoms with Crippen molar-refractivity contribution in [3.8, 4) is 5.75 Å². The van der Waals surface area contributed by atoms with Gasteiger partial charge >= 0.3 is 0 Å². The zero-order chi connectivity index (χ0) is 12.3. The Bertz CT molecular complexity index is 529. The Labute approximate surface area is 118 Å². The normalized spacial score (nSPS) is 10.3. The van der Waals surface area contributed by atoms with E-state index in [4.69, 9.17) is 27.9 Å². The van der Waals surface area contributed by atoms with Gasteiger partial charge in [-0.3, -0.25) is 0 Å². The molecule has 4 heteroatoms. The van der Waals surface area contributed by atoms with Gasteiger partial charge < -0.3 is 4.74 Å². The molecule has 0 aliphatic rings. The molecule has 0 aliphatic heterocycles. The molecule has 0 N–H and O–H groups in total. The number of ether oxygens (including phenoxy) is 1. The molecule has 0 heterocycles. The molecule has 88 valence electrons. The van der Waals surface area contributed by atoms with E-state index in [-0.39, 0.29) is 0 Å². The second-order valence-corrected chi connectivity index (χ2v) is 5.18. The van der Waals surface area contributed by atoms with Crippen molar-refractivity contribution in [2.24, 2.45) is 0 Å². The summed E-state index contributed by atoms with van der Waals surface area (Å²) >= 11 is 15.4. The van der Waals surface area contributed by atoms with Crippen molar-refractivity contribution in [1.82, 2.24) is 0 Å². The first kappa shape index (κ1) is 12.7. The highest BCUT2D eigenvalue weighted by atomic mass is 79.9. The SMILES string of the molecule is Clc1cc(Br)ccc1COc1ccccc1Cl. The van der Waals surface area contributed by atoms with Gasteiger partial charge in [0.05, 0.1) is 5.02 Å². The van der Waals surface area contributed by atoms with Crippen molar-refractivity contribution in [3.63, 3.8) is 0 Å². The van der Waals surface area contributed by atoms with E-state index in [1.807, 2.05) is 36.4 Å². The summed E-state index contributed by atoms with van der Waals surface area (Å²) in [6.45, 7) is 0.399. The van der Waals surface area contributed by atoms with Crippen LogP contribution in [0.5, 0.6) is 5.75 Å². The van der Waals surface area contributed by atoms with Crippen LogP contribution in [-0.4, -0.2) is 0 Å². The van der Waals surface area contributed by atoms with Crippen LogP contribution in [0.1, 0.15) is 5.56 Å². The van der Waals surface area contributed by atoms with Crippen molar-refractivity contribution >= 4 is 39.1 Å². The second-order valence-electron chi connectivity index (χ2n) is 3.45. The molecular formula is C13H9BrCl2O. The van der Waals surface area contributed by atoms with E-state index in [0.29, 0.717) is 22.4 Å². The molecule has 2 rings (SSSR count). The van der Waals surface area contributed by atoms with Crippen LogP contribution in [0.15, 0.2) is 46.9 Å². The summed E-state index contributed by atoms with van der Waals surface area (Å²) in [7, 11) is 0. The van der Waals surface area contributed by atoms with Crippen LogP contribution in [0, 0.1) is 0 Å². The Kier molecular flexibility index (Phi) is 4.32. The lowest BCUT2D eigenvalue weighted by atomic mass is 10.2. The number of halogens is 3. The summed E-state index contributed by atoms with van der Waals surface area (Å²) in [5, 5.41) is 1.27. The van der Waals surface area contributed by atoms with Gasteiger partial charge in [0.25, 0.3) is 0 Å². The van der Waals surface area contributed by atoms with Crippen LogP contribution >= 0.6 is 39.1 Å². The molecule has 2 aromatic carbocycles. The smallest absolute Gasteiger partial charge is 0.138 e. The third-order valence-electron chi connectivity index (χ3n) is 2.23. The van der Waals surface area contributed by atoms with Crippen molar-refractivity contribution in [1.29, 1.82) is 0 Å². The van der Waals surface area contributed by atoms with Gasteiger partial charge in [-0.05, 0) is 24.3 Å². The summed E-state index contributed by atoms with van der Waals surface area (Å²) < 4.78 is 6.56. The fourth-order valence-corrected chi connectivity index (χ4v) is 2.27. The highest BCUT2D eigenvalue weighted by molar-refractivity contribution is 9.10. The lowest BCUT2D eigenvalue weighted by molar-refractivity contribution is 0.306. The average Bonchev–Trinajstić information content (AvgIpc) is 2.30. The van der Waals surface area contributed by atoms with E-state index in [1.54, 1.807) is 6.07 Å². The van der Waals surface area contributed by atoms with Crippen LogP contribution in [0.25, 0.3) is 0 Å². The third kappa shape index (κ3) is 3.38. The van der Waals surface area contributed by atoms with E-state index in [9.17, 15) is 0 Å². The number of rotatable bonds is 3. The number of para-hydroxylation sites is 1.